The predicted octanol–water partition coefficient (Wildman–Crippen LogP) is 0.00700. The summed E-state index contributed by atoms with van der Waals surface area (Å²) in [6.07, 6.45) is 4.51. The van der Waals surface area contributed by atoms with Gasteiger partial charge in [-0.15, -0.1) is 0 Å². The van der Waals surface area contributed by atoms with Gasteiger partial charge in [0, 0.05) is 45.6 Å². The zero-order valence-electron chi connectivity index (χ0n) is 12.9. The van der Waals surface area contributed by atoms with E-state index >= 15 is 0 Å². The smallest absolute Gasteiger partial charge is 0.236 e. The maximum Gasteiger partial charge on any atom is 0.236 e. The van der Waals surface area contributed by atoms with Gasteiger partial charge in [0.15, 0.2) is 16.7 Å². The minimum Gasteiger partial charge on any atom is -0.366 e. The molecule has 10 heteroatoms. The van der Waals surface area contributed by atoms with Crippen LogP contribution in [0.4, 0.5) is 11.6 Å². The molecule has 0 atom stereocenters. The first kappa shape index (κ1) is 16.2. The van der Waals surface area contributed by atoms with Gasteiger partial charge < -0.3 is 15.1 Å². The van der Waals surface area contributed by atoms with Crippen molar-refractivity contribution in [1.82, 2.24) is 20.2 Å². The number of piperazine rings is 1. The van der Waals surface area contributed by atoms with Gasteiger partial charge in [0.1, 0.15) is 0 Å². The molecule has 23 heavy (non-hydrogen) atoms. The van der Waals surface area contributed by atoms with Crippen LogP contribution >= 0.6 is 12.2 Å². The summed E-state index contributed by atoms with van der Waals surface area (Å²) >= 11 is 5.24. The second kappa shape index (κ2) is 6.44. The fourth-order valence-electron chi connectivity index (χ4n) is 2.51. The highest BCUT2D eigenvalue weighted by molar-refractivity contribution is 7.93. The predicted molar refractivity (Wildman–Crippen MR) is 93.0 cm³/mol. The number of thiocarbonyl (C=S) groups is 1. The standard InChI is InChI=1S/C13H20N6O2S2/c1-14-13(22)19-8-6-18(7-9-19)12-11(15-4-5-16-12)17-23(20,21)10-2-3-10/h4-5,10H,2-3,6-9H2,1H3,(H,14,22)(H,15,17). The number of hydrogen-bond acceptors (Lipinski definition) is 6. The normalized spacial score (nSPS) is 18.7. The van der Waals surface area contributed by atoms with Gasteiger partial charge in [-0.3, -0.25) is 4.72 Å². The van der Waals surface area contributed by atoms with Crippen molar-refractivity contribution in [2.75, 3.05) is 42.8 Å². The molecule has 0 aromatic carbocycles. The molecule has 1 aromatic heterocycles. The Morgan fingerprint density at radius 1 is 1.22 bits per heavy atom. The van der Waals surface area contributed by atoms with Crippen LogP contribution in [0.25, 0.3) is 0 Å². The molecule has 2 fully saturated rings. The van der Waals surface area contributed by atoms with Crippen molar-refractivity contribution in [3.63, 3.8) is 0 Å². The first-order valence-corrected chi connectivity index (χ1v) is 9.51. The highest BCUT2D eigenvalue weighted by Crippen LogP contribution is 2.31. The largest absolute Gasteiger partial charge is 0.366 e. The molecular formula is C13H20N6O2S2. The molecule has 2 heterocycles. The lowest BCUT2D eigenvalue weighted by molar-refractivity contribution is 0.381. The Hall–Kier alpha value is -1.68. The van der Waals surface area contributed by atoms with Gasteiger partial charge in [-0.05, 0) is 25.1 Å². The number of nitrogens with one attached hydrogen (secondary N) is 2. The van der Waals surface area contributed by atoms with Gasteiger partial charge in [-0.2, -0.15) is 0 Å². The van der Waals surface area contributed by atoms with Crippen LogP contribution in [-0.4, -0.2) is 66.9 Å². The molecular weight excluding hydrogens is 336 g/mol. The molecule has 3 rings (SSSR count). The van der Waals surface area contributed by atoms with E-state index in [1.54, 1.807) is 6.20 Å². The topological polar surface area (TPSA) is 90.5 Å². The highest BCUT2D eigenvalue weighted by Gasteiger charge is 2.37. The first-order valence-electron chi connectivity index (χ1n) is 7.55. The van der Waals surface area contributed by atoms with Crippen molar-refractivity contribution in [3.8, 4) is 0 Å². The van der Waals surface area contributed by atoms with Gasteiger partial charge in [-0.25, -0.2) is 18.4 Å². The number of hydrogen-bond donors (Lipinski definition) is 2. The van der Waals surface area contributed by atoms with E-state index in [0.717, 1.165) is 18.2 Å². The molecule has 2 aliphatic rings. The average Bonchev–Trinajstić information content (AvgIpc) is 3.40. The number of nitrogens with zero attached hydrogens (tertiary/aromatic N) is 4. The van der Waals surface area contributed by atoms with E-state index in [-0.39, 0.29) is 5.25 Å². The summed E-state index contributed by atoms with van der Waals surface area (Å²) in [6, 6.07) is 0. The summed E-state index contributed by atoms with van der Waals surface area (Å²) < 4.78 is 26.9. The van der Waals surface area contributed by atoms with E-state index in [0.29, 0.717) is 37.6 Å². The SMILES string of the molecule is CNC(=S)N1CCN(c2nccnc2NS(=O)(=O)C2CC2)CC1. The summed E-state index contributed by atoms with van der Waals surface area (Å²) in [4.78, 5) is 12.6. The van der Waals surface area contributed by atoms with Crippen molar-refractivity contribution in [1.29, 1.82) is 0 Å². The summed E-state index contributed by atoms with van der Waals surface area (Å²) in [5.41, 5.74) is 0. The molecule has 0 radical (unpaired) electrons. The van der Waals surface area contributed by atoms with E-state index in [1.165, 1.54) is 6.20 Å². The number of rotatable bonds is 4. The Bertz CT molecular complexity index is 683. The molecule has 1 aromatic rings. The average molecular weight is 356 g/mol. The second-order valence-corrected chi connectivity index (χ2v) is 7.95. The highest BCUT2D eigenvalue weighted by atomic mass is 32.2. The molecule has 1 saturated carbocycles. The summed E-state index contributed by atoms with van der Waals surface area (Å²) in [6.45, 7) is 2.92. The molecule has 1 saturated heterocycles. The molecule has 1 aliphatic heterocycles. The maximum atomic E-state index is 12.1. The summed E-state index contributed by atoms with van der Waals surface area (Å²) in [5.74, 6) is 0.885. The molecule has 0 amide bonds. The lowest BCUT2D eigenvalue weighted by Gasteiger charge is -2.36. The summed E-state index contributed by atoms with van der Waals surface area (Å²) in [5, 5.41) is 3.40. The van der Waals surface area contributed by atoms with Gasteiger partial charge >= 0.3 is 0 Å². The van der Waals surface area contributed by atoms with Gasteiger partial charge in [0.25, 0.3) is 0 Å². The van der Waals surface area contributed by atoms with Crippen molar-refractivity contribution in [2.24, 2.45) is 0 Å². The molecule has 126 valence electrons. The molecule has 1 aliphatic carbocycles. The Labute approximate surface area is 141 Å². The van der Waals surface area contributed by atoms with Crippen molar-refractivity contribution < 1.29 is 8.42 Å². The van der Waals surface area contributed by atoms with E-state index in [4.69, 9.17) is 12.2 Å². The van der Waals surface area contributed by atoms with Gasteiger partial charge in [0.2, 0.25) is 10.0 Å². The van der Waals surface area contributed by atoms with Crippen molar-refractivity contribution in [2.45, 2.75) is 18.1 Å². The Kier molecular flexibility index (Phi) is 4.53. The lowest BCUT2D eigenvalue weighted by Crippen LogP contribution is -2.51. The van der Waals surface area contributed by atoms with Crippen molar-refractivity contribution in [3.05, 3.63) is 12.4 Å². The van der Waals surface area contributed by atoms with Crippen molar-refractivity contribution >= 4 is 39.0 Å². The minimum atomic E-state index is -3.35. The molecule has 0 spiro atoms. The third-order valence-corrected chi connectivity index (χ3v) is 6.25. The van der Waals surface area contributed by atoms with Crippen LogP contribution < -0.4 is 14.9 Å². The first-order chi connectivity index (χ1) is 11.0. The molecule has 8 nitrogen and oxygen atoms in total. The second-order valence-electron chi connectivity index (χ2n) is 5.60. The van der Waals surface area contributed by atoms with Crippen LogP contribution in [0.2, 0.25) is 0 Å². The van der Waals surface area contributed by atoms with Crippen LogP contribution in [0, 0.1) is 0 Å². The molecule has 0 bridgehead atoms. The minimum absolute atomic E-state index is 0.290. The zero-order valence-corrected chi connectivity index (χ0v) is 14.5. The van der Waals surface area contributed by atoms with Gasteiger partial charge in [-0.1, -0.05) is 0 Å². The third-order valence-electron chi connectivity index (χ3n) is 3.96. The van der Waals surface area contributed by atoms with Gasteiger partial charge in [0.05, 0.1) is 5.25 Å². The molecule has 0 unspecified atom stereocenters. The quantitative estimate of drug-likeness (QED) is 0.729. The van der Waals surface area contributed by atoms with Crippen LogP contribution in [0.5, 0.6) is 0 Å². The molecule has 2 N–H and O–H groups in total. The number of aromatic nitrogens is 2. The Morgan fingerprint density at radius 3 is 2.48 bits per heavy atom. The van der Waals surface area contributed by atoms with Crippen LogP contribution in [0.3, 0.4) is 0 Å². The Balaban J connectivity index is 1.72. The zero-order chi connectivity index (χ0) is 16.4. The van der Waals surface area contributed by atoms with Crippen LogP contribution in [0.1, 0.15) is 12.8 Å². The van der Waals surface area contributed by atoms with E-state index < -0.39 is 10.0 Å². The fourth-order valence-corrected chi connectivity index (χ4v) is 4.03. The van der Waals surface area contributed by atoms with Crippen LogP contribution in [0.15, 0.2) is 12.4 Å². The van der Waals surface area contributed by atoms with E-state index in [1.807, 2.05) is 11.9 Å². The monoisotopic (exact) mass is 356 g/mol. The lowest BCUT2D eigenvalue weighted by atomic mass is 10.3. The maximum absolute atomic E-state index is 12.1. The third kappa shape index (κ3) is 3.63. The Morgan fingerprint density at radius 2 is 1.87 bits per heavy atom. The summed E-state index contributed by atoms with van der Waals surface area (Å²) in [7, 11) is -1.54. The van der Waals surface area contributed by atoms with E-state index in [9.17, 15) is 8.42 Å². The number of sulfonamides is 1. The van der Waals surface area contributed by atoms with Crippen LogP contribution in [-0.2, 0) is 10.0 Å². The fraction of sp³-hybridized carbons (Fsp3) is 0.615. The van der Waals surface area contributed by atoms with E-state index in [2.05, 4.69) is 24.9 Å². The number of anilines is 2.